The Balaban J connectivity index is 0.00000264. The van der Waals surface area contributed by atoms with Crippen LogP contribution in [0.3, 0.4) is 0 Å². The molecule has 1 atom stereocenters. The van der Waals surface area contributed by atoms with E-state index >= 15 is 0 Å². The highest BCUT2D eigenvalue weighted by Crippen LogP contribution is 2.24. The fraction of sp³-hybridized carbons (Fsp3) is 0.500. The first-order valence-electron chi connectivity index (χ1n) is 7.57. The summed E-state index contributed by atoms with van der Waals surface area (Å²) in [7, 11) is 0. The van der Waals surface area contributed by atoms with Gasteiger partial charge in [-0.05, 0) is 31.2 Å². The molecule has 23 heavy (non-hydrogen) atoms. The van der Waals surface area contributed by atoms with Crippen molar-refractivity contribution in [1.82, 2.24) is 10.2 Å². The molecule has 3 N–H and O–H groups in total. The molecule has 0 bridgehead atoms. The Morgan fingerprint density at radius 2 is 2.13 bits per heavy atom. The number of nitrogens with zero attached hydrogens (tertiary/aromatic N) is 1. The van der Waals surface area contributed by atoms with Gasteiger partial charge >= 0.3 is 0 Å². The number of hydrogen-bond donors (Lipinski definition) is 2. The standard InChI is InChI=1S/C16H23N3O2S.ClH/c1-22-14-7-3-2-6-13(14)16(21)19-10-4-5-12(11-19)15(20)18-9-8-17;/h2-3,6-7,12H,4-5,8-11,17H2,1H3,(H,18,20);1H. The third-order valence-corrected chi connectivity index (χ3v) is 4.66. The molecular weight excluding hydrogens is 334 g/mol. The highest BCUT2D eigenvalue weighted by Gasteiger charge is 2.29. The van der Waals surface area contributed by atoms with Crippen LogP contribution < -0.4 is 11.1 Å². The van der Waals surface area contributed by atoms with Gasteiger partial charge in [0.15, 0.2) is 0 Å². The molecule has 1 aliphatic heterocycles. The number of carbonyl (C=O) groups excluding carboxylic acids is 2. The largest absolute Gasteiger partial charge is 0.355 e. The number of likely N-dealkylation sites (tertiary alicyclic amines) is 1. The van der Waals surface area contributed by atoms with Crippen LogP contribution in [0, 0.1) is 5.92 Å². The number of hydrogen-bond acceptors (Lipinski definition) is 4. The van der Waals surface area contributed by atoms with Crippen molar-refractivity contribution in [3.8, 4) is 0 Å². The first kappa shape index (κ1) is 19.8. The van der Waals surface area contributed by atoms with Crippen LogP contribution in [0.5, 0.6) is 0 Å². The van der Waals surface area contributed by atoms with Gasteiger partial charge in [-0.1, -0.05) is 12.1 Å². The second-order valence-electron chi connectivity index (χ2n) is 5.37. The van der Waals surface area contributed by atoms with E-state index in [0.717, 1.165) is 23.3 Å². The van der Waals surface area contributed by atoms with Crippen molar-refractivity contribution in [3.05, 3.63) is 29.8 Å². The summed E-state index contributed by atoms with van der Waals surface area (Å²) in [6.45, 7) is 2.11. The zero-order valence-electron chi connectivity index (χ0n) is 13.3. The van der Waals surface area contributed by atoms with E-state index in [4.69, 9.17) is 5.73 Å². The van der Waals surface area contributed by atoms with Gasteiger partial charge in [-0.3, -0.25) is 9.59 Å². The molecule has 1 aromatic rings. The van der Waals surface area contributed by atoms with E-state index in [-0.39, 0.29) is 30.1 Å². The molecule has 1 saturated heterocycles. The monoisotopic (exact) mass is 357 g/mol. The molecule has 2 amide bonds. The average molecular weight is 358 g/mol. The predicted octanol–water partition coefficient (Wildman–Crippen LogP) is 1.76. The topological polar surface area (TPSA) is 75.4 Å². The maximum absolute atomic E-state index is 12.7. The summed E-state index contributed by atoms with van der Waals surface area (Å²) in [6, 6.07) is 7.61. The number of halogens is 1. The number of nitrogens with two attached hydrogens (primary N) is 1. The Hall–Kier alpha value is -1.24. The number of amides is 2. The van der Waals surface area contributed by atoms with Gasteiger partial charge in [0.1, 0.15) is 0 Å². The summed E-state index contributed by atoms with van der Waals surface area (Å²) >= 11 is 1.57. The van der Waals surface area contributed by atoms with E-state index in [1.54, 1.807) is 16.7 Å². The van der Waals surface area contributed by atoms with Gasteiger partial charge in [0.05, 0.1) is 11.5 Å². The second-order valence-corrected chi connectivity index (χ2v) is 6.22. The Labute approximate surface area is 147 Å². The predicted molar refractivity (Wildman–Crippen MR) is 96.2 cm³/mol. The summed E-state index contributed by atoms with van der Waals surface area (Å²) in [5, 5.41) is 2.82. The van der Waals surface area contributed by atoms with Gasteiger partial charge in [-0.2, -0.15) is 0 Å². The van der Waals surface area contributed by atoms with Crippen LogP contribution in [0.15, 0.2) is 29.2 Å². The normalized spacial score (nSPS) is 17.3. The smallest absolute Gasteiger partial charge is 0.255 e. The highest BCUT2D eigenvalue weighted by atomic mass is 35.5. The van der Waals surface area contributed by atoms with Crippen LogP contribution in [0.2, 0.25) is 0 Å². The van der Waals surface area contributed by atoms with E-state index in [1.165, 1.54) is 0 Å². The fourth-order valence-corrected chi connectivity index (χ4v) is 3.30. The molecule has 1 heterocycles. The van der Waals surface area contributed by atoms with Crippen LogP contribution >= 0.6 is 24.2 Å². The van der Waals surface area contributed by atoms with Gasteiger partial charge in [-0.15, -0.1) is 24.2 Å². The van der Waals surface area contributed by atoms with Crippen LogP contribution in [0.25, 0.3) is 0 Å². The summed E-state index contributed by atoms with van der Waals surface area (Å²) < 4.78 is 0. The fourth-order valence-electron chi connectivity index (χ4n) is 2.71. The lowest BCUT2D eigenvalue weighted by Gasteiger charge is -2.32. The molecule has 1 aliphatic rings. The van der Waals surface area contributed by atoms with Crippen LogP contribution in [0.1, 0.15) is 23.2 Å². The molecule has 0 saturated carbocycles. The first-order valence-corrected chi connectivity index (χ1v) is 8.80. The number of benzene rings is 1. The number of piperidine rings is 1. The maximum atomic E-state index is 12.7. The van der Waals surface area contributed by atoms with Gasteiger partial charge in [0, 0.05) is 31.1 Å². The van der Waals surface area contributed by atoms with E-state index in [1.807, 2.05) is 30.5 Å². The molecule has 1 fully saturated rings. The lowest BCUT2D eigenvalue weighted by molar-refractivity contribution is -0.126. The molecule has 7 heteroatoms. The summed E-state index contributed by atoms with van der Waals surface area (Å²) in [5.41, 5.74) is 6.13. The summed E-state index contributed by atoms with van der Waals surface area (Å²) in [5.74, 6) is -0.118. The third kappa shape index (κ3) is 5.12. The molecule has 0 aromatic heterocycles. The Morgan fingerprint density at radius 3 is 2.83 bits per heavy atom. The molecule has 1 aromatic carbocycles. The van der Waals surface area contributed by atoms with Gasteiger partial charge in [0.2, 0.25) is 5.91 Å². The lowest BCUT2D eigenvalue weighted by atomic mass is 9.96. The molecule has 2 rings (SSSR count). The number of carbonyl (C=O) groups is 2. The number of rotatable bonds is 5. The van der Waals surface area contributed by atoms with Crippen molar-refractivity contribution in [3.63, 3.8) is 0 Å². The second kappa shape index (κ2) is 9.80. The van der Waals surface area contributed by atoms with E-state index < -0.39 is 0 Å². The van der Waals surface area contributed by atoms with Gasteiger partial charge in [-0.25, -0.2) is 0 Å². The van der Waals surface area contributed by atoms with Crippen LogP contribution in [-0.2, 0) is 4.79 Å². The van der Waals surface area contributed by atoms with E-state index in [0.29, 0.717) is 26.2 Å². The summed E-state index contributed by atoms with van der Waals surface area (Å²) in [4.78, 5) is 27.6. The van der Waals surface area contributed by atoms with Crippen molar-refractivity contribution in [2.24, 2.45) is 11.7 Å². The average Bonchev–Trinajstić information content (AvgIpc) is 2.59. The van der Waals surface area contributed by atoms with Crippen molar-refractivity contribution in [2.75, 3.05) is 32.4 Å². The van der Waals surface area contributed by atoms with Gasteiger partial charge < -0.3 is 16.0 Å². The zero-order chi connectivity index (χ0) is 15.9. The Bertz CT molecular complexity index is 542. The van der Waals surface area contributed by atoms with E-state index in [2.05, 4.69) is 5.32 Å². The Morgan fingerprint density at radius 1 is 1.39 bits per heavy atom. The van der Waals surface area contributed by atoms with Crippen molar-refractivity contribution in [2.45, 2.75) is 17.7 Å². The minimum atomic E-state index is -0.134. The molecular formula is C16H24ClN3O2S. The molecule has 0 spiro atoms. The van der Waals surface area contributed by atoms with Gasteiger partial charge in [0.25, 0.3) is 5.91 Å². The molecule has 1 unspecified atom stereocenters. The number of nitrogens with one attached hydrogen (secondary N) is 1. The van der Waals surface area contributed by atoms with Crippen molar-refractivity contribution >= 4 is 36.0 Å². The minimum Gasteiger partial charge on any atom is -0.355 e. The van der Waals surface area contributed by atoms with E-state index in [9.17, 15) is 9.59 Å². The van der Waals surface area contributed by atoms with Crippen molar-refractivity contribution < 1.29 is 9.59 Å². The van der Waals surface area contributed by atoms with Crippen LogP contribution in [-0.4, -0.2) is 49.1 Å². The summed E-state index contributed by atoms with van der Waals surface area (Å²) in [6.07, 6.45) is 3.64. The minimum absolute atomic E-state index is 0. The Kier molecular flexibility index (Phi) is 8.44. The van der Waals surface area contributed by atoms with Crippen molar-refractivity contribution in [1.29, 1.82) is 0 Å². The quantitative estimate of drug-likeness (QED) is 0.787. The molecule has 128 valence electrons. The molecule has 0 aliphatic carbocycles. The zero-order valence-corrected chi connectivity index (χ0v) is 14.9. The highest BCUT2D eigenvalue weighted by molar-refractivity contribution is 7.98. The number of thioether (sulfide) groups is 1. The third-order valence-electron chi connectivity index (χ3n) is 3.86. The van der Waals surface area contributed by atoms with Crippen LogP contribution in [0.4, 0.5) is 0 Å². The first-order chi connectivity index (χ1) is 10.7. The molecule has 0 radical (unpaired) electrons. The molecule has 5 nitrogen and oxygen atoms in total. The lowest BCUT2D eigenvalue weighted by Crippen LogP contribution is -2.46. The maximum Gasteiger partial charge on any atom is 0.255 e. The SMILES string of the molecule is CSc1ccccc1C(=O)N1CCCC(C(=O)NCCN)C1.Cl.